The minimum Gasteiger partial charge on any atom is -0.324 e. The van der Waals surface area contributed by atoms with Gasteiger partial charge in [-0.15, -0.1) is 0 Å². The van der Waals surface area contributed by atoms with Gasteiger partial charge >= 0.3 is 6.03 Å². The SMILES string of the molecule is CC(C)C(C(=O)Nc1cccc(C2(C)NC(=O)NC2=O)c1)N1C(=O)c2ccccc2C1=O. The van der Waals surface area contributed by atoms with E-state index in [1.165, 1.54) is 0 Å². The Morgan fingerprint density at radius 1 is 0.969 bits per heavy atom. The van der Waals surface area contributed by atoms with Gasteiger partial charge in [0.25, 0.3) is 17.7 Å². The summed E-state index contributed by atoms with van der Waals surface area (Å²) in [6.45, 7) is 5.07. The molecule has 0 aliphatic carbocycles. The van der Waals surface area contributed by atoms with Crippen LogP contribution in [-0.4, -0.2) is 40.6 Å². The number of nitrogens with one attached hydrogen (secondary N) is 3. The second-order valence-electron chi connectivity index (χ2n) is 8.32. The van der Waals surface area contributed by atoms with E-state index < -0.39 is 41.2 Å². The van der Waals surface area contributed by atoms with Gasteiger partial charge in [0, 0.05) is 5.69 Å². The predicted octanol–water partition coefficient (Wildman–Crippen LogP) is 2.00. The normalized spacial score (nSPS) is 20.8. The lowest BCUT2D eigenvalue weighted by Gasteiger charge is -2.28. The molecule has 0 bridgehead atoms. The highest BCUT2D eigenvalue weighted by Gasteiger charge is 2.45. The van der Waals surface area contributed by atoms with Crippen molar-refractivity contribution < 1.29 is 24.0 Å². The number of anilines is 1. The molecule has 2 aromatic rings. The zero-order chi connectivity index (χ0) is 23.2. The van der Waals surface area contributed by atoms with Gasteiger partial charge in [-0.05, 0) is 42.7 Å². The maximum atomic E-state index is 13.2. The van der Waals surface area contributed by atoms with Crippen LogP contribution in [-0.2, 0) is 15.1 Å². The first-order valence-electron chi connectivity index (χ1n) is 10.2. The van der Waals surface area contributed by atoms with Gasteiger partial charge in [0.2, 0.25) is 5.91 Å². The lowest BCUT2D eigenvalue weighted by molar-refractivity contribution is -0.123. The minimum absolute atomic E-state index is 0.272. The third-order valence-electron chi connectivity index (χ3n) is 5.76. The zero-order valence-corrected chi connectivity index (χ0v) is 17.8. The molecule has 0 spiro atoms. The van der Waals surface area contributed by atoms with E-state index in [0.29, 0.717) is 11.3 Å². The molecule has 0 saturated carbocycles. The number of rotatable bonds is 5. The van der Waals surface area contributed by atoms with E-state index in [1.54, 1.807) is 69.3 Å². The average Bonchev–Trinajstić information content (AvgIpc) is 3.15. The maximum Gasteiger partial charge on any atom is 0.322 e. The highest BCUT2D eigenvalue weighted by atomic mass is 16.2. The summed E-state index contributed by atoms with van der Waals surface area (Å²) < 4.78 is 0. The zero-order valence-electron chi connectivity index (χ0n) is 17.8. The molecule has 0 aromatic heterocycles. The number of hydrogen-bond donors (Lipinski definition) is 3. The van der Waals surface area contributed by atoms with Crippen molar-refractivity contribution in [3.05, 3.63) is 65.2 Å². The van der Waals surface area contributed by atoms with Crippen LogP contribution < -0.4 is 16.0 Å². The first-order valence-corrected chi connectivity index (χ1v) is 10.2. The molecule has 2 aliphatic rings. The third kappa shape index (κ3) is 3.31. The van der Waals surface area contributed by atoms with Gasteiger partial charge in [-0.25, -0.2) is 4.79 Å². The smallest absolute Gasteiger partial charge is 0.322 e. The van der Waals surface area contributed by atoms with Crippen molar-refractivity contribution in [2.45, 2.75) is 32.4 Å². The fraction of sp³-hybridized carbons (Fsp3) is 0.261. The van der Waals surface area contributed by atoms with Crippen LogP contribution in [0.25, 0.3) is 0 Å². The average molecular weight is 434 g/mol. The van der Waals surface area contributed by atoms with Crippen molar-refractivity contribution in [3.63, 3.8) is 0 Å². The summed E-state index contributed by atoms with van der Waals surface area (Å²) in [5, 5.41) is 7.52. The number of benzene rings is 2. The summed E-state index contributed by atoms with van der Waals surface area (Å²) >= 11 is 0. The molecular formula is C23H22N4O5. The minimum atomic E-state index is -1.28. The number of carbonyl (C=O) groups excluding carboxylic acids is 5. The van der Waals surface area contributed by atoms with Gasteiger partial charge in [0.05, 0.1) is 11.1 Å². The van der Waals surface area contributed by atoms with Crippen molar-refractivity contribution in [1.82, 2.24) is 15.5 Å². The fourth-order valence-corrected chi connectivity index (χ4v) is 4.05. The standard InChI is InChI=1S/C23H22N4O5/c1-12(2)17(27-19(29)15-9-4-5-10-16(15)20(27)30)18(28)24-14-8-6-7-13(11-14)23(3)21(31)25-22(32)26-23/h4-12,17H,1-3H3,(H,24,28)(H2,25,26,31,32). The fourth-order valence-electron chi connectivity index (χ4n) is 4.05. The molecule has 164 valence electrons. The van der Waals surface area contributed by atoms with Gasteiger partial charge in [0.1, 0.15) is 11.6 Å². The second kappa shape index (κ2) is 7.60. The van der Waals surface area contributed by atoms with Gasteiger partial charge in [0.15, 0.2) is 0 Å². The Labute approximate surface area is 184 Å². The van der Waals surface area contributed by atoms with E-state index in [0.717, 1.165) is 4.90 Å². The van der Waals surface area contributed by atoms with Crippen LogP contribution >= 0.6 is 0 Å². The maximum absolute atomic E-state index is 13.2. The van der Waals surface area contributed by atoms with E-state index in [9.17, 15) is 24.0 Å². The van der Waals surface area contributed by atoms with Gasteiger partial charge in [-0.2, -0.15) is 0 Å². The summed E-state index contributed by atoms with van der Waals surface area (Å²) in [6, 6.07) is 11.3. The molecule has 0 radical (unpaired) electrons. The number of fused-ring (bicyclic) bond motifs is 1. The Balaban J connectivity index is 1.61. The van der Waals surface area contributed by atoms with Crippen molar-refractivity contribution >= 4 is 35.3 Å². The Morgan fingerprint density at radius 2 is 1.59 bits per heavy atom. The van der Waals surface area contributed by atoms with E-state index in [-0.39, 0.29) is 17.0 Å². The van der Waals surface area contributed by atoms with Crippen molar-refractivity contribution in [2.24, 2.45) is 5.92 Å². The summed E-state index contributed by atoms with van der Waals surface area (Å²) in [4.78, 5) is 63.8. The quantitative estimate of drug-likeness (QED) is 0.490. The van der Waals surface area contributed by atoms with E-state index in [4.69, 9.17) is 0 Å². The largest absolute Gasteiger partial charge is 0.324 e. The molecule has 32 heavy (non-hydrogen) atoms. The first-order chi connectivity index (χ1) is 15.1. The molecule has 3 N–H and O–H groups in total. The molecule has 2 unspecified atom stereocenters. The second-order valence-corrected chi connectivity index (χ2v) is 8.32. The highest BCUT2D eigenvalue weighted by Crippen LogP contribution is 2.29. The highest BCUT2D eigenvalue weighted by molar-refractivity contribution is 6.23. The molecule has 4 rings (SSSR count). The lowest BCUT2D eigenvalue weighted by atomic mass is 9.92. The molecule has 6 amide bonds. The monoisotopic (exact) mass is 434 g/mol. The molecule has 1 fully saturated rings. The summed E-state index contributed by atoms with van der Waals surface area (Å²) in [5.74, 6) is -2.40. The Bertz CT molecular complexity index is 1140. The van der Waals surface area contributed by atoms with Crippen LogP contribution in [0.2, 0.25) is 0 Å². The van der Waals surface area contributed by atoms with Crippen LogP contribution in [0, 0.1) is 5.92 Å². The number of nitrogens with zero attached hydrogens (tertiary/aromatic N) is 1. The van der Waals surface area contributed by atoms with Crippen LogP contribution in [0.5, 0.6) is 0 Å². The molecule has 2 heterocycles. The van der Waals surface area contributed by atoms with E-state index >= 15 is 0 Å². The predicted molar refractivity (Wildman–Crippen MR) is 115 cm³/mol. The van der Waals surface area contributed by atoms with Gasteiger partial charge < -0.3 is 10.6 Å². The number of imide groups is 2. The first kappa shape index (κ1) is 21.2. The topological polar surface area (TPSA) is 125 Å². The van der Waals surface area contributed by atoms with Crippen LogP contribution in [0.15, 0.2) is 48.5 Å². The molecule has 1 saturated heterocycles. The number of carbonyl (C=O) groups is 5. The van der Waals surface area contributed by atoms with Gasteiger partial charge in [-0.1, -0.05) is 38.1 Å². The van der Waals surface area contributed by atoms with Crippen molar-refractivity contribution in [2.75, 3.05) is 5.32 Å². The number of hydrogen-bond acceptors (Lipinski definition) is 5. The van der Waals surface area contributed by atoms with Crippen LogP contribution in [0.3, 0.4) is 0 Å². The number of urea groups is 1. The molecule has 2 atom stereocenters. The van der Waals surface area contributed by atoms with Crippen molar-refractivity contribution in [3.8, 4) is 0 Å². The summed E-state index contributed by atoms with van der Waals surface area (Å²) in [5.41, 5.74) is 0.103. The molecule has 2 aromatic carbocycles. The Kier molecular flexibility index (Phi) is 5.04. The molecular weight excluding hydrogens is 412 g/mol. The van der Waals surface area contributed by atoms with E-state index in [2.05, 4.69) is 16.0 Å². The van der Waals surface area contributed by atoms with Crippen LogP contribution in [0.1, 0.15) is 47.1 Å². The summed E-state index contributed by atoms with van der Waals surface area (Å²) in [7, 11) is 0. The Morgan fingerprint density at radius 3 is 2.12 bits per heavy atom. The Hall–Kier alpha value is -4.01. The van der Waals surface area contributed by atoms with Crippen molar-refractivity contribution in [1.29, 1.82) is 0 Å². The lowest BCUT2D eigenvalue weighted by Crippen LogP contribution is -2.50. The third-order valence-corrected chi connectivity index (χ3v) is 5.76. The molecule has 9 heteroatoms. The summed E-state index contributed by atoms with van der Waals surface area (Å²) in [6.07, 6.45) is 0. The molecule has 9 nitrogen and oxygen atoms in total. The number of amides is 6. The van der Waals surface area contributed by atoms with Gasteiger partial charge in [-0.3, -0.25) is 29.4 Å². The van der Waals surface area contributed by atoms with E-state index in [1.807, 2.05) is 0 Å². The molecule has 2 aliphatic heterocycles. The van der Waals surface area contributed by atoms with Crippen LogP contribution in [0.4, 0.5) is 10.5 Å².